The van der Waals surface area contributed by atoms with Crippen molar-refractivity contribution in [2.75, 3.05) is 52.5 Å². The molecule has 2 aliphatic rings. The van der Waals surface area contributed by atoms with Crippen molar-refractivity contribution in [1.82, 2.24) is 9.80 Å². The number of aliphatic hydroxyl groups excluding tert-OH is 1. The van der Waals surface area contributed by atoms with Gasteiger partial charge in [-0.3, -0.25) is 9.80 Å². The van der Waals surface area contributed by atoms with Crippen molar-refractivity contribution in [2.24, 2.45) is 0 Å². The van der Waals surface area contributed by atoms with Crippen molar-refractivity contribution < 1.29 is 14.6 Å². The van der Waals surface area contributed by atoms with E-state index in [-0.39, 0.29) is 12.2 Å². The summed E-state index contributed by atoms with van der Waals surface area (Å²) in [6.45, 7) is 7.99. The molecule has 5 nitrogen and oxygen atoms in total. The maximum Gasteiger partial charge on any atom is 0.0900 e. The highest BCUT2D eigenvalue weighted by Gasteiger charge is 2.21. The van der Waals surface area contributed by atoms with Crippen LogP contribution in [0.25, 0.3) is 0 Å². The van der Waals surface area contributed by atoms with Gasteiger partial charge in [-0.05, 0) is 24.3 Å². The van der Waals surface area contributed by atoms with Crippen LogP contribution in [-0.4, -0.2) is 79.7 Å². The molecule has 2 saturated heterocycles. The minimum absolute atomic E-state index is 0.265. The lowest BCUT2D eigenvalue weighted by atomic mass is 10.1. The van der Waals surface area contributed by atoms with Crippen molar-refractivity contribution in [2.45, 2.75) is 31.6 Å². The summed E-state index contributed by atoms with van der Waals surface area (Å²) in [6, 6.07) is 4.32. The first-order chi connectivity index (χ1) is 11.3. The molecule has 1 atom stereocenters. The topological polar surface area (TPSA) is 45.2 Å². The Hall–Kier alpha value is -0.500. The van der Waals surface area contributed by atoms with Gasteiger partial charge >= 0.3 is 0 Å². The quantitative estimate of drug-likeness (QED) is 0.813. The lowest BCUT2D eigenvalue weighted by Gasteiger charge is -2.35. The highest BCUT2D eigenvalue weighted by atomic mass is 32.1. The zero-order valence-corrected chi connectivity index (χ0v) is 14.5. The molecule has 0 amide bonds. The number of β-amino-alcohol motifs (C(OH)–C–C–N with tert-alkyl or cyclic N) is 1. The van der Waals surface area contributed by atoms with Crippen molar-refractivity contribution in [3.05, 3.63) is 22.4 Å². The first-order valence-electron chi connectivity index (χ1n) is 8.64. The molecule has 23 heavy (non-hydrogen) atoms. The largest absolute Gasteiger partial charge is 0.389 e. The maximum atomic E-state index is 10.2. The standard InChI is InChI=1S/C17H28N2O3S/c20-15(14-22-16-3-9-21-10-4-16)12-18-5-7-19(8-6-18)13-17-2-1-11-23-17/h1-2,11,15-16,20H,3-10,12-14H2. The molecule has 0 bridgehead atoms. The summed E-state index contributed by atoms with van der Waals surface area (Å²) < 4.78 is 11.1. The number of thiophene rings is 1. The molecule has 0 saturated carbocycles. The fourth-order valence-corrected chi connectivity index (χ4v) is 3.94. The van der Waals surface area contributed by atoms with Crippen LogP contribution in [0.3, 0.4) is 0 Å². The average molecular weight is 340 g/mol. The number of ether oxygens (including phenoxy) is 2. The van der Waals surface area contributed by atoms with Crippen LogP contribution in [0, 0.1) is 0 Å². The van der Waals surface area contributed by atoms with Crippen LogP contribution in [0.4, 0.5) is 0 Å². The Bertz CT molecular complexity index is 429. The van der Waals surface area contributed by atoms with E-state index in [1.807, 2.05) is 11.3 Å². The third kappa shape index (κ3) is 5.81. The van der Waals surface area contributed by atoms with E-state index in [1.165, 1.54) is 4.88 Å². The van der Waals surface area contributed by atoms with Crippen LogP contribution in [0.5, 0.6) is 0 Å². The second-order valence-electron chi connectivity index (χ2n) is 6.46. The van der Waals surface area contributed by atoms with Crippen LogP contribution in [0.1, 0.15) is 17.7 Å². The SMILES string of the molecule is OC(COC1CCOCC1)CN1CCN(Cc2cccs2)CC1. The second-order valence-corrected chi connectivity index (χ2v) is 7.49. The van der Waals surface area contributed by atoms with Gasteiger partial charge in [-0.2, -0.15) is 0 Å². The van der Waals surface area contributed by atoms with Crippen LogP contribution in [0.15, 0.2) is 17.5 Å². The van der Waals surface area contributed by atoms with Crippen LogP contribution >= 0.6 is 11.3 Å². The highest BCUT2D eigenvalue weighted by molar-refractivity contribution is 7.09. The normalized spacial score (nSPS) is 23.2. The van der Waals surface area contributed by atoms with Gasteiger partial charge < -0.3 is 14.6 Å². The van der Waals surface area contributed by atoms with E-state index in [4.69, 9.17) is 9.47 Å². The van der Waals surface area contributed by atoms with Gasteiger partial charge in [0.2, 0.25) is 0 Å². The molecular weight excluding hydrogens is 312 g/mol. The number of hydrogen-bond donors (Lipinski definition) is 1. The van der Waals surface area contributed by atoms with Gasteiger partial charge in [-0.25, -0.2) is 0 Å². The molecule has 130 valence electrons. The Morgan fingerprint density at radius 2 is 1.96 bits per heavy atom. The molecule has 3 heterocycles. The van der Waals surface area contributed by atoms with E-state index in [9.17, 15) is 5.11 Å². The molecule has 3 rings (SSSR count). The Kier molecular flexibility index (Phi) is 6.86. The number of rotatable bonds is 7. The molecule has 0 aliphatic carbocycles. The molecule has 1 aromatic rings. The molecule has 1 unspecified atom stereocenters. The summed E-state index contributed by atoms with van der Waals surface area (Å²) in [5.41, 5.74) is 0. The molecule has 0 aromatic carbocycles. The maximum absolute atomic E-state index is 10.2. The van der Waals surface area contributed by atoms with Crippen molar-refractivity contribution in [1.29, 1.82) is 0 Å². The van der Waals surface area contributed by atoms with Gasteiger partial charge in [0.25, 0.3) is 0 Å². The summed E-state index contributed by atoms with van der Waals surface area (Å²) in [5.74, 6) is 0. The summed E-state index contributed by atoms with van der Waals surface area (Å²) >= 11 is 1.83. The van der Waals surface area contributed by atoms with E-state index in [1.54, 1.807) is 0 Å². The number of aliphatic hydroxyl groups is 1. The smallest absolute Gasteiger partial charge is 0.0900 e. The fourth-order valence-electron chi connectivity index (χ4n) is 3.19. The third-order valence-corrected chi connectivity index (χ3v) is 5.45. The van der Waals surface area contributed by atoms with Crippen molar-refractivity contribution in [3.8, 4) is 0 Å². The van der Waals surface area contributed by atoms with E-state index in [0.717, 1.165) is 65.3 Å². The predicted octanol–water partition coefficient (Wildman–Crippen LogP) is 1.42. The number of nitrogens with zero attached hydrogens (tertiary/aromatic N) is 2. The van der Waals surface area contributed by atoms with Gasteiger partial charge in [0.1, 0.15) is 0 Å². The first kappa shape index (κ1) is 17.3. The molecule has 0 radical (unpaired) electrons. The van der Waals surface area contributed by atoms with Gasteiger partial charge in [0.15, 0.2) is 0 Å². The summed E-state index contributed by atoms with van der Waals surface area (Å²) in [7, 11) is 0. The van der Waals surface area contributed by atoms with E-state index in [0.29, 0.717) is 6.61 Å². The molecular formula is C17H28N2O3S. The zero-order valence-electron chi connectivity index (χ0n) is 13.7. The summed E-state index contributed by atoms with van der Waals surface area (Å²) in [5, 5.41) is 12.3. The molecule has 2 fully saturated rings. The van der Waals surface area contributed by atoms with E-state index < -0.39 is 0 Å². The minimum atomic E-state index is -0.387. The Balaban J connectivity index is 1.30. The Labute approximate surface area is 142 Å². The van der Waals surface area contributed by atoms with Gasteiger partial charge in [0, 0.05) is 57.4 Å². The Morgan fingerprint density at radius 3 is 2.65 bits per heavy atom. The van der Waals surface area contributed by atoms with Gasteiger partial charge in [-0.15, -0.1) is 11.3 Å². The molecule has 0 spiro atoms. The second kappa shape index (κ2) is 9.11. The molecule has 6 heteroatoms. The van der Waals surface area contributed by atoms with Crippen molar-refractivity contribution in [3.63, 3.8) is 0 Å². The monoisotopic (exact) mass is 340 g/mol. The van der Waals surface area contributed by atoms with E-state index >= 15 is 0 Å². The fraction of sp³-hybridized carbons (Fsp3) is 0.765. The lowest BCUT2D eigenvalue weighted by molar-refractivity contribution is -0.0658. The van der Waals surface area contributed by atoms with Crippen LogP contribution < -0.4 is 0 Å². The van der Waals surface area contributed by atoms with Crippen LogP contribution in [0.2, 0.25) is 0 Å². The van der Waals surface area contributed by atoms with Gasteiger partial charge in [-0.1, -0.05) is 6.07 Å². The number of piperazine rings is 1. The predicted molar refractivity (Wildman–Crippen MR) is 91.8 cm³/mol. The van der Waals surface area contributed by atoms with Crippen molar-refractivity contribution >= 4 is 11.3 Å². The minimum Gasteiger partial charge on any atom is -0.389 e. The molecule has 1 aromatic heterocycles. The van der Waals surface area contributed by atoms with E-state index in [2.05, 4.69) is 27.3 Å². The van der Waals surface area contributed by atoms with Crippen LogP contribution in [-0.2, 0) is 16.0 Å². The molecule has 2 aliphatic heterocycles. The van der Waals surface area contributed by atoms with Gasteiger partial charge in [0.05, 0.1) is 18.8 Å². The summed E-state index contributed by atoms with van der Waals surface area (Å²) in [6.07, 6.45) is 1.78. The molecule has 1 N–H and O–H groups in total. The lowest BCUT2D eigenvalue weighted by Crippen LogP contribution is -2.48. The Morgan fingerprint density at radius 1 is 1.22 bits per heavy atom. The third-order valence-electron chi connectivity index (χ3n) is 4.59. The number of hydrogen-bond acceptors (Lipinski definition) is 6. The summed E-state index contributed by atoms with van der Waals surface area (Å²) in [4.78, 5) is 6.28. The zero-order chi connectivity index (χ0) is 15.9. The highest BCUT2D eigenvalue weighted by Crippen LogP contribution is 2.14. The first-order valence-corrected chi connectivity index (χ1v) is 9.52. The average Bonchev–Trinajstić information content (AvgIpc) is 3.09.